The van der Waals surface area contributed by atoms with Crippen molar-refractivity contribution in [3.8, 4) is 16.8 Å². The number of fused-ring (bicyclic) bond motifs is 1. The molecular formula is C30H28N6O4. The largest absolute Gasteiger partial charge is 0.435 e. The monoisotopic (exact) mass is 536 g/mol. The molecule has 0 unspecified atom stereocenters. The summed E-state index contributed by atoms with van der Waals surface area (Å²) in [6, 6.07) is 18.0. The Morgan fingerprint density at radius 2 is 1.70 bits per heavy atom. The lowest BCUT2D eigenvalue weighted by molar-refractivity contribution is -0.0304. The molecule has 10 nitrogen and oxygen atoms in total. The molecule has 0 spiro atoms. The molecule has 40 heavy (non-hydrogen) atoms. The van der Waals surface area contributed by atoms with Crippen LogP contribution in [0.2, 0.25) is 0 Å². The van der Waals surface area contributed by atoms with Crippen molar-refractivity contribution in [2.45, 2.75) is 43.7 Å². The van der Waals surface area contributed by atoms with Gasteiger partial charge in [-0.1, -0.05) is 42.5 Å². The second-order valence-electron chi connectivity index (χ2n) is 10.7. The zero-order valence-electron chi connectivity index (χ0n) is 21.8. The summed E-state index contributed by atoms with van der Waals surface area (Å²) in [4.78, 5) is 36.6. The predicted molar refractivity (Wildman–Crippen MR) is 147 cm³/mol. The molecule has 1 saturated carbocycles. The van der Waals surface area contributed by atoms with Gasteiger partial charge in [-0.15, -0.1) is 0 Å². The van der Waals surface area contributed by atoms with Crippen molar-refractivity contribution in [2.75, 3.05) is 13.1 Å². The average molecular weight is 537 g/mol. The van der Waals surface area contributed by atoms with E-state index in [-0.39, 0.29) is 23.8 Å². The van der Waals surface area contributed by atoms with E-state index in [0.29, 0.717) is 48.8 Å². The van der Waals surface area contributed by atoms with Crippen molar-refractivity contribution in [3.05, 3.63) is 95.3 Å². The fraction of sp³-hybridized carbons (Fsp3) is 0.300. The first-order valence-corrected chi connectivity index (χ1v) is 13.5. The highest BCUT2D eigenvalue weighted by Crippen LogP contribution is 2.39. The number of nitrogens with zero attached hydrogens (tertiary/aromatic N) is 6. The zero-order valence-corrected chi connectivity index (χ0v) is 21.8. The van der Waals surface area contributed by atoms with Gasteiger partial charge in [0.25, 0.3) is 11.5 Å². The normalized spacial score (nSPS) is 16.9. The molecule has 5 aromatic rings. The lowest BCUT2D eigenvalue weighted by Crippen LogP contribution is -2.49. The number of likely N-dealkylation sites (tertiary alicyclic amines) is 1. The number of hydrogen-bond acceptors (Lipinski definition) is 7. The van der Waals surface area contributed by atoms with Gasteiger partial charge < -0.3 is 14.4 Å². The van der Waals surface area contributed by atoms with Gasteiger partial charge in [0.05, 0.1) is 30.2 Å². The van der Waals surface area contributed by atoms with Crippen LogP contribution in [0.4, 0.5) is 0 Å². The number of amides is 1. The number of oxazole rings is 1. The number of piperidine rings is 1. The molecule has 1 aliphatic carbocycles. The van der Waals surface area contributed by atoms with Crippen molar-refractivity contribution < 1.29 is 14.3 Å². The third kappa shape index (κ3) is 4.50. The Labute approximate surface area is 229 Å². The molecule has 2 aliphatic rings. The van der Waals surface area contributed by atoms with E-state index in [1.165, 1.54) is 23.3 Å². The number of aromatic nitrogens is 5. The molecule has 4 heterocycles. The number of rotatable bonds is 6. The maximum absolute atomic E-state index is 13.3. The predicted octanol–water partition coefficient (Wildman–Crippen LogP) is 3.78. The molecule has 7 rings (SSSR count). The Morgan fingerprint density at radius 3 is 2.42 bits per heavy atom. The van der Waals surface area contributed by atoms with Gasteiger partial charge in [0.2, 0.25) is 5.76 Å². The van der Waals surface area contributed by atoms with Crippen molar-refractivity contribution in [2.24, 2.45) is 0 Å². The lowest BCUT2D eigenvalue weighted by atomic mass is 9.91. The summed E-state index contributed by atoms with van der Waals surface area (Å²) in [5.74, 6) is 0.993. The van der Waals surface area contributed by atoms with Crippen LogP contribution in [0.5, 0.6) is 0 Å². The first kappa shape index (κ1) is 24.5. The van der Waals surface area contributed by atoms with Crippen molar-refractivity contribution in [1.82, 2.24) is 29.2 Å². The minimum Gasteiger partial charge on any atom is -0.435 e. The van der Waals surface area contributed by atoms with Crippen LogP contribution in [0.15, 0.2) is 82.5 Å². The molecule has 1 saturated heterocycles. The molecule has 10 heteroatoms. The van der Waals surface area contributed by atoms with Crippen LogP contribution < -0.4 is 5.56 Å². The lowest BCUT2D eigenvalue weighted by Gasteiger charge is -2.38. The van der Waals surface area contributed by atoms with Gasteiger partial charge in [-0.25, -0.2) is 14.6 Å². The summed E-state index contributed by atoms with van der Waals surface area (Å²) >= 11 is 0. The van der Waals surface area contributed by atoms with Crippen LogP contribution >= 0.6 is 0 Å². The molecule has 2 fully saturated rings. The molecule has 3 aromatic heterocycles. The van der Waals surface area contributed by atoms with Gasteiger partial charge in [-0.3, -0.25) is 14.2 Å². The Kier molecular flexibility index (Phi) is 5.85. The van der Waals surface area contributed by atoms with Gasteiger partial charge in [0.1, 0.15) is 11.7 Å². The highest BCUT2D eigenvalue weighted by molar-refractivity contribution is 5.91. The van der Waals surface area contributed by atoms with Crippen LogP contribution in [0, 0.1) is 0 Å². The number of carbonyl (C=O) groups is 1. The fourth-order valence-corrected chi connectivity index (χ4v) is 5.34. The maximum atomic E-state index is 13.3. The Bertz CT molecular complexity index is 1740. The van der Waals surface area contributed by atoms with E-state index in [4.69, 9.17) is 4.42 Å². The second kappa shape index (κ2) is 9.56. The van der Waals surface area contributed by atoms with E-state index in [1.54, 1.807) is 9.58 Å². The van der Waals surface area contributed by atoms with Crippen molar-refractivity contribution >= 4 is 16.9 Å². The highest BCUT2D eigenvalue weighted by Gasteiger charge is 2.36. The van der Waals surface area contributed by atoms with Gasteiger partial charge in [0, 0.05) is 19.0 Å². The summed E-state index contributed by atoms with van der Waals surface area (Å²) < 4.78 is 8.74. The van der Waals surface area contributed by atoms with Gasteiger partial charge in [-0.05, 0) is 48.9 Å². The van der Waals surface area contributed by atoms with Crippen LogP contribution in [0.25, 0.3) is 27.8 Å². The molecule has 202 valence electrons. The minimum atomic E-state index is -1.14. The molecule has 1 amide bonds. The number of benzene rings is 2. The molecule has 2 aromatic carbocycles. The van der Waals surface area contributed by atoms with E-state index < -0.39 is 5.60 Å². The van der Waals surface area contributed by atoms with E-state index in [2.05, 4.69) is 27.2 Å². The topological polar surface area (TPSA) is 119 Å². The fourth-order valence-electron chi connectivity index (χ4n) is 5.34. The van der Waals surface area contributed by atoms with Gasteiger partial charge in [0.15, 0.2) is 11.5 Å². The number of hydrogen-bond donors (Lipinski definition) is 1. The van der Waals surface area contributed by atoms with Gasteiger partial charge in [-0.2, -0.15) is 5.10 Å². The Hall–Kier alpha value is -4.57. The third-order valence-electron chi connectivity index (χ3n) is 7.88. The molecule has 1 N–H and O–H groups in total. The molecular weight excluding hydrogens is 508 g/mol. The molecule has 0 atom stereocenters. The van der Waals surface area contributed by atoms with Crippen LogP contribution in [-0.4, -0.2) is 58.9 Å². The SMILES string of the molecule is O=C(c1cnc(C2CC2)o1)N1CCC(O)(Cn2cnc3c(cnn3-c3ccc(-c4ccccc4)cc3)c2=O)CC1. The average Bonchev–Trinajstić information content (AvgIpc) is 3.55. The minimum absolute atomic E-state index is 0.0852. The standard InChI is InChI=1S/C30H28N6O4/c37-28-24-16-33-36(23-10-8-21(9-11-23)20-4-2-1-3-5-20)26(24)32-19-35(28)18-30(39)12-14-34(15-13-30)29(38)25-17-31-27(40-25)22-6-7-22/h1-5,8-11,16-17,19,22,39H,6-7,12-15,18H2. The van der Waals surface area contributed by atoms with Crippen LogP contribution in [0.3, 0.4) is 0 Å². The number of aliphatic hydroxyl groups is 1. The first-order chi connectivity index (χ1) is 19.5. The molecule has 0 bridgehead atoms. The van der Waals surface area contributed by atoms with Crippen molar-refractivity contribution in [1.29, 1.82) is 0 Å². The quantitative estimate of drug-likeness (QED) is 0.351. The zero-order chi connectivity index (χ0) is 27.3. The highest BCUT2D eigenvalue weighted by atomic mass is 16.4. The molecule has 0 radical (unpaired) electrons. The number of carbonyl (C=O) groups excluding carboxylic acids is 1. The summed E-state index contributed by atoms with van der Waals surface area (Å²) in [5, 5.41) is 16.1. The van der Waals surface area contributed by atoms with Crippen LogP contribution in [-0.2, 0) is 6.54 Å². The Morgan fingerprint density at radius 1 is 0.975 bits per heavy atom. The van der Waals surface area contributed by atoms with E-state index in [0.717, 1.165) is 29.7 Å². The maximum Gasteiger partial charge on any atom is 0.291 e. The third-order valence-corrected chi connectivity index (χ3v) is 7.88. The first-order valence-electron chi connectivity index (χ1n) is 13.5. The second-order valence-corrected chi connectivity index (χ2v) is 10.7. The summed E-state index contributed by atoms with van der Waals surface area (Å²) in [6.07, 6.45) is 7.24. The van der Waals surface area contributed by atoms with E-state index >= 15 is 0 Å². The summed E-state index contributed by atoms with van der Waals surface area (Å²) in [6.45, 7) is 0.800. The summed E-state index contributed by atoms with van der Waals surface area (Å²) in [7, 11) is 0. The van der Waals surface area contributed by atoms with Crippen molar-refractivity contribution in [3.63, 3.8) is 0 Å². The van der Waals surface area contributed by atoms with E-state index in [1.807, 2.05) is 42.5 Å². The smallest absolute Gasteiger partial charge is 0.291 e. The van der Waals surface area contributed by atoms with E-state index in [9.17, 15) is 14.7 Å². The summed E-state index contributed by atoms with van der Waals surface area (Å²) in [5.41, 5.74) is 2.05. The van der Waals surface area contributed by atoms with Gasteiger partial charge >= 0.3 is 0 Å². The van der Waals surface area contributed by atoms with Crippen LogP contribution in [0.1, 0.15) is 48.0 Å². The molecule has 1 aliphatic heterocycles. The Balaban J connectivity index is 1.05.